The molecule has 0 aromatic heterocycles. The average molecular weight is 281 g/mol. The van der Waals surface area contributed by atoms with Gasteiger partial charge in [0.05, 0.1) is 5.76 Å². The van der Waals surface area contributed by atoms with Crippen LogP contribution in [-0.4, -0.2) is 31.1 Å². The molecule has 0 aliphatic carbocycles. The molecule has 0 aromatic carbocycles. The van der Waals surface area contributed by atoms with Gasteiger partial charge in [0.15, 0.2) is 0 Å². The van der Waals surface area contributed by atoms with Crippen molar-refractivity contribution >= 4 is 0 Å². The van der Waals surface area contributed by atoms with E-state index in [1.54, 1.807) is 0 Å². The Morgan fingerprint density at radius 3 is 2.25 bits per heavy atom. The maximum Gasteiger partial charge on any atom is 0.100 e. The average Bonchev–Trinajstić information content (AvgIpc) is 2.38. The zero-order valence-corrected chi connectivity index (χ0v) is 14.4. The van der Waals surface area contributed by atoms with Crippen LogP contribution in [0.4, 0.5) is 0 Å². The highest BCUT2D eigenvalue weighted by molar-refractivity contribution is 5.03. The topological polar surface area (TPSA) is 12.5 Å². The van der Waals surface area contributed by atoms with E-state index in [0.29, 0.717) is 11.8 Å². The van der Waals surface area contributed by atoms with Crippen molar-refractivity contribution in [3.63, 3.8) is 0 Å². The molecule has 1 fully saturated rings. The summed E-state index contributed by atoms with van der Waals surface area (Å²) >= 11 is 0. The van der Waals surface area contributed by atoms with Crippen LogP contribution in [0.2, 0.25) is 0 Å². The molecule has 2 nitrogen and oxygen atoms in total. The minimum atomic E-state index is 0.0933. The summed E-state index contributed by atoms with van der Waals surface area (Å²) in [6.07, 6.45) is 5.23. The number of allylic oxidation sites excluding steroid dienone is 1. The summed E-state index contributed by atoms with van der Waals surface area (Å²) in [6, 6.07) is 0. The minimum Gasteiger partial charge on any atom is -0.497 e. The standard InChI is InChI=1S/C18H35NO/c1-15(2)14-18(6,16(3)4)17(5)20-13-12-19-10-8-7-9-11-19/h15-16H,5,7-14H2,1-4,6H3. The van der Waals surface area contributed by atoms with Crippen LogP contribution in [0, 0.1) is 17.3 Å². The van der Waals surface area contributed by atoms with Crippen LogP contribution in [0.25, 0.3) is 0 Å². The highest BCUT2D eigenvalue weighted by Gasteiger charge is 2.33. The first-order valence-corrected chi connectivity index (χ1v) is 8.40. The van der Waals surface area contributed by atoms with E-state index in [4.69, 9.17) is 4.74 Å². The largest absolute Gasteiger partial charge is 0.497 e. The molecule has 1 rings (SSSR count). The van der Waals surface area contributed by atoms with Crippen molar-refractivity contribution in [3.8, 4) is 0 Å². The van der Waals surface area contributed by atoms with Gasteiger partial charge in [-0.2, -0.15) is 0 Å². The van der Waals surface area contributed by atoms with E-state index >= 15 is 0 Å². The van der Waals surface area contributed by atoms with Crippen molar-refractivity contribution in [1.29, 1.82) is 0 Å². The van der Waals surface area contributed by atoms with Gasteiger partial charge in [-0.15, -0.1) is 0 Å². The Hall–Kier alpha value is -0.500. The first kappa shape index (κ1) is 17.6. The molecule has 20 heavy (non-hydrogen) atoms. The maximum absolute atomic E-state index is 6.04. The summed E-state index contributed by atoms with van der Waals surface area (Å²) in [4.78, 5) is 2.52. The smallest absolute Gasteiger partial charge is 0.100 e. The highest BCUT2D eigenvalue weighted by Crippen LogP contribution is 2.40. The van der Waals surface area contributed by atoms with E-state index in [9.17, 15) is 0 Å². The molecule has 0 amide bonds. The second kappa shape index (κ2) is 8.07. The zero-order chi connectivity index (χ0) is 15.2. The molecule has 0 aromatic rings. The van der Waals surface area contributed by atoms with Gasteiger partial charge in [-0.25, -0.2) is 0 Å². The number of piperidine rings is 1. The molecule has 0 radical (unpaired) electrons. The van der Waals surface area contributed by atoms with E-state index in [1.165, 1.54) is 32.4 Å². The van der Waals surface area contributed by atoms with Gasteiger partial charge in [-0.1, -0.05) is 47.6 Å². The van der Waals surface area contributed by atoms with Crippen molar-refractivity contribution in [3.05, 3.63) is 12.3 Å². The second-order valence-electron chi connectivity index (χ2n) is 7.34. The van der Waals surface area contributed by atoms with Crippen LogP contribution in [-0.2, 0) is 4.74 Å². The monoisotopic (exact) mass is 281 g/mol. The number of ether oxygens (including phenoxy) is 1. The molecular weight excluding hydrogens is 246 g/mol. The van der Waals surface area contributed by atoms with Crippen LogP contribution in [0.15, 0.2) is 12.3 Å². The predicted octanol–water partition coefficient (Wildman–Crippen LogP) is 4.71. The molecular formula is C18H35NO. The van der Waals surface area contributed by atoms with Crippen molar-refractivity contribution in [1.82, 2.24) is 4.90 Å². The molecule has 118 valence electrons. The van der Waals surface area contributed by atoms with E-state index in [-0.39, 0.29) is 5.41 Å². The fourth-order valence-corrected chi connectivity index (χ4v) is 3.17. The number of hydrogen-bond donors (Lipinski definition) is 0. The summed E-state index contributed by atoms with van der Waals surface area (Å²) in [7, 11) is 0. The molecule has 0 bridgehead atoms. The lowest BCUT2D eigenvalue weighted by molar-refractivity contribution is 0.0706. The van der Waals surface area contributed by atoms with Crippen molar-refractivity contribution in [2.24, 2.45) is 17.3 Å². The molecule has 0 N–H and O–H groups in total. The third kappa shape index (κ3) is 5.12. The summed E-state index contributed by atoms with van der Waals surface area (Å²) in [5, 5.41) is 0. The third-order valence-electron chi connectivity index (χ3n) is 4.88. The Kier molecular flexibility index (Phi) is 7.08. The maximum atomic E-state index is 6.04. The Balaban J connectivity index is 2.41. The Bertz CT molecular complexity index is 292. The van der Waals surface area contributed by atoms with Gasteiger partial charge in [-0.05, 0) is 44.2 Å². The number of likely N-dealkylation sites (tertiary alicyclic amines) is 1. The van der Waals surface area contributed by atoms with Crippen molar-refractivity contribution in [2.45, 2.75) is 60.3 Å². The van der Waals surface area contributed by atoms with Crippen molar-refractivity contribution < 1.29 is 4.74 Å². The molecule has 0 spiro atoms. The molecule has 1 saturated heterocycles. The van der Waals surface area contributed by atoms with Gasteiger partial charge in [0.2, 0.25) is 0 Å². The van der Waals surface area contributed by atoms with Gasteiger partial charge in [0.1, 0.15) is 6.61 Å². The molecule has 0 saturated carbocycles. The lowest BCUT2D eigenvalue weighted by Crippen LogP contribution is -2.34. The van der Waals surface area contributed by atoms with E-state index in [0.717, 1.165) is 25.3 Å². The SMILES string of the molecule is C=C(OCCN1CCCCC1)C(C)(CC(C)C)C(C)C. The van der Waals surface area contributed by atoms with Crippen molar-refractivity contribution in [2.75, 3.05) is 26.2 Å². The van der Waals surface area contributed by atoms with Crippen LogP contribution >= 0.6 is 0 Å². The van der Waals surface area contributed by atoms with Gasteiger partial charge >= 0.3 is 0 Å². The molecule has 1 heterocycles. The van der Waals surface area contributed by atoms with Crippen LogP contribution < -0.4 is 0 Å². The highest BCUT2D eigenvalue weighted by atomic mass is 16.5. The van der Waals surface area contributed by atoms with E-state index < -0.39 is 0 Å². The fraction of sp³-hybridized carbons (Fsp3) is 0.889. The minimum absolute atomic E-state index is 0.0933. The lowest BCUT2D eigenvalue weighted by atomic mass is 9.72. The van der Waals surface area contributed by atoms with Gasteiger partial charge in [0, 0.05) is 12.0 Å². The predicted molar refractivity (Wildman–Crippen MR) is 87.8 cm³/mol. The number of hydrogen-bond acceptors (Lipinski definition) is 2. The molecule has 1 atom stereocenters. The summed E-state index contributed by atoms with van der Waals surface area (Å²) in [5.74, 6) is 2.22. The van der Waals surface area contributed by atoms with Crippen LogP contribution in [0.3, 0.4) is 0 Å². The summed E-state index contributed by atoms with van der Waals surface area (Å²) < 4.78 is 6.04. The quantitative estimate of drug-likeness (QED) is 0.597. The van der Waals surface area contributed by atoms with Crippen LogP contribution in [0.5, 0.6) is 0 Å². The Morgan fingerprint density at radius 2 is 1.75 bits per heavy atom. The number of nitrogens with zero attached hydrogens (tertiary/aromatic N) is 1. The van der Waals surface area contributed by atoms with Gasteiger partial charge in [0.25, 0.3) is 0 Å². The van der Waals surface area contributed by atoms with E-state index in [2.05, 4.69) is 46.1 Å². The second-order valence-corrected chi connectivity index (χ2v) is 7.34. The Morgan fingerprint density at radius 1 is 1.15 bits per heavy atom. The lowest BCUT2D eigenvalue weighted by Gasteiger charge is -2.37. The van der Waals surface area contributed by atoms with Gasteiger partial charge < -0.3 is 4.74 Å². The van der Waals surface area contributed by atoms with E-state index in [1.807, 2.05) is 0 Å². The third-order valence-corrected chi connectivity index (χ3v) is 4.88. The molecule has 1 aliphatic heterocycles. The normalized spacial score (nSPS) is 20.1. The first-order chi connectivity index (χ1) is 9.36. The van der Waals surface area contributed by atoms with Gasteiger partial charge in [-0.3, -0.25) is 4.90 Å². The van der Waals surface area contributed by atoms with Crippen LogP contribution in [0.1, 0.15) is 60.3 Å². The Labute approximate surface area is 126 Å². The summed E-state index contributed by atoms with van der Waals surface area (Å²) in [5.41, 5.74) is 0.0933. The first-order valence-electron chi connectivity index (χ1n) is 8.40. The summed E-state index contributed by atoms with van der Waals surface area (Å²) in [6.45, 7) is 20.0. The fourth-order valence-electron chi connectivity index (χ4n) is 3.17. The molecule has 2 heteroatoms. The zero-order valence-electron chi connectivity index (χ0n) is 14.4. The number of rotatable bonds is 8. The molecule has 1 unspecified atom stereocenters. The molecule has 1 aliphatic rings.